The first kappa shape index (κ1) is 24.1. The van der Waals surface area contributed by atoms with Crippen molar-refractivity contribution >= 4 is 17.5 Å². The molecule has 182 valence electrons. The number of carbonyl (C=O) groups is 2. The lowest BCUT2D eigenvalue weighted by molar-refractivity contribution is -0.130. The van der Waals surface area contributed by atoms with Crippen LogP contribution in [0.4, 0.5) is 0 Å². The van der Waals surface area contributed by atoms with E-state index in [0.717, 1.165) is 45.2 Å². The van der Waals surface area contributed by atoms with Crippen LogP contribution in [0.5, 0.6) is 0 Å². The van der Waals surface area contributed by atoms with Crippen LogP contribution in [0.25, 0.3) is 11.3 Å². The van der Waals surface area contributed by atoms with Gasteiger partial charge in [-0.15, -0.1) is 0 Å². The summed E-state index contributed by atoms with van der Waals surface area (Å²) in [4.78, 5) is 31.0. The van der Waals surface area contributed by atoms with Gasteiger partial charge in [-0.1, -0.05) is 18.2 Å². The summed E-state index contributed by atoms with van der Waals surface area (Å²) >= 11 is 0. The van der Waals surface area contributed by atoms with E-state index in [4.69, 9.17) is 10.8 Å². The van der Waals surface area contributed by atoms with Gasteiger partial charge in [-0.05, 0) is 58.2 Å². The fourth-order valence-corrected chi connectivity index (χ4v) is 4.53. The zero-order chi connectivity index (χ0) is 25.4. The first-order valence-electron chi connectivity index (χ1n) is 11.6. The Morgan fingerprint density at radius 3 is 2.40 bits per heavy atom. The number of carbonyl (C=O) groups excluding carboxylic acids is 2. The van der Waals surface area contributed by atoms with Gasteiger partial charge in [0, 0.05) is 42.7 Å². The molecule has 0 spiro atoms. The van der Waals surface area contributed by atoms with E-state index < -0.39 is 5.91 Å². The topological polar surface area (TPSA) is 111 Å². The highest BCUT2D eigenvalue weighted by Gasteiger charge is 2.20. The Kier molecular flexibility index (Phi) is 6.43. The minimum absolute atomic E-state index is 0.0321. The van der Waals surface area contributed by atoms with Crippen LogP contribution in [-0.4, -0.2) is 48.1 Å². The van der Waals surface area contributed by atoms with Crippen LogP contribution in [0.1, 0.15) is 56.2 Å². The van der Waals surface area contributed by atoms with E-state index in [9.17, 15) is 9.59 Å². The lowest BCUT2D eigenvalue weighted by Gasteiger charge is -2.18. The molecule has 4 rings (SSSR count). The molecule has 1 aromatic carbocycles. The first-order chi connectivity index (χ1) is 16.6. The van der Waals surface area contributed by atoms with E-state index in [2.05, 4.69) is 29.1 Å². The molecule has 0 saturated heterocycles. The van der Waals surface area contributed by atoms with Crippen molar-refractivity contribution in [2.24, 2.45) is 5.73 Å². The standard InChI is InChI=1S/C26H31N7O2/c1-15-9-7-8-10-23(15)32-19(5)22(17(3)30-32)14-31(6)24(34)12-11-20-16(2)29-26-21(25(27)35)13-28-33(26)18(20)4/h7-10,13H,11-12,14H2,1-6H3,(H2,27,35). The van der Waals surface area contributed by atoms with Gasteiger partial charge < -0.3 is 10.6 Å². The molecule has 3 heterocycles. The number of amides is 2. The number of rotatable bonds is 7. The second-order valence-corrected chi connectivity index (χ2v) is 9.02. The van der Waals surface area contributed by atoms with Crippen LogP contribution >= 0.6 is 0 Å². The summed E-state index contributed by atoms with van der Waals surface area (Å²) < 4.78 is 3.57. The predicted octanol–water partition coefficient (Wildman–Crippen LogP) is 3.15. The number of aryl methyl sites for hydroxylation is 4. The molecular weight excluding hydrogens is 442 g/mol. The van der Waals surface area contributed by atoms with Crippen LogP contribution in [0.15, 0.2) is 30.5 Å². The molecule has 2 N–H and O–H groups in total. The van der Waals surface area contributed by atoms with Crippen molar-refractivity contribution in [3.63, 3.8) is 0 Å². The molecule has 0 atom stereocenters. The van der Waals surface area contributed by atoms with Gasteiger partial charge in [-0.3, -0.25) is 9.59 Å². The molecule has 0 aliphatic rings. The normalized spacial score (nSPS) is 11.3. The average molecular weight is 474 g/mol. The maximum absolute atomic E-state index is 13.0. The molecule has 2 amide bonds. The lowest BCUT2D eigenvalue weighted by atomic mass is 10.1. The summed E-state index contributed by atoms with van der Waals surface area (Å²) in [5, 5.41) is 9.00. The number of hydrogen-bond donors (Lipinski definition) is 1. The number of aromatic nitrogens is 5. The van der Waals surface area contributed by atoms with Crippen molar-refractivity contribution in [1.29, 1.82) is 0 Å². The van der Waals surface area contributed by atoms with E-state index in [-0.39, 0.29) is 11.5 Å². The highest BCUT2D eigenvalue weighted by Crippen LogP contribution is 2.22. The summed E-state index contributed by atoms with van der Waals surface area (Å²) in [6, 6.07) is 8.13. The Morgan fingerprint density at radius 2 is 1.71 bits per heavy atom. The van der Waals surface area contributed by atoms with Gasteiger partial charge >= 0.3 is 0 Å². The van der Waals surface area contributed by atoms with Crippen LogP contribution < -0.4 is 5.73 Å². The molecule has 0 radical (unpaired) electrons. The fourth-order valence-electron chi connectivity index (χ4n) is 4.53. The SMILES string of the molecule is Cc1ccccc1-n1nc(C)c(CN(C)C(=O)CCc2c(C)nc3c(C(N)=O)cnn3c2C)c1C. The van der Waals surface area contributed by atoms with Gasteiger partial charge in [0.25, 0.3) is 5.91 Å². The quantitative estimate of drug-likeness (QED) is 0.443. The van der Waals surface area contributed by atoms with Crippen molar-refractivity contribution in [1.82, 2.24) is 29.3 Å². The third-order valence-electron chi connectivity index (χ3n) is 6.67. The first-order valence-corrected chi connectivity index (χ1v) is 11.6. The molecule has 0 bridgehead atoms. The number of para-hydroxylation sites is 1. The van der Waals surface area contributed by atoms with Gasteiger partial charge in [-0.25, -0.2) is 14.2 Å². The number of benzene rings is 1. The van der Waals surface area contributed by atoms with Gasteiger partial charge in [0.1, 0.15) is 5.56 Å². The van der Waals surface area contributed by atoms with Crippen molar-refractivity contribution in [3.8, 4) is 5.69 Å². The third kappa shape index (κ3) is 4.41. The summed E-state index contributed by atoms with van der Waals surface area (Å²) in [7, 11) is 1.82. The fraction of sp³-hybridized carbons (Fsp3) is 0.346. The molecule has 0 saturated carbocycles. The number of primary amides is 1. The van der Waals surface area contributed by atoms with E-state index >= 15 is 0 Å². The van der Waals surface area contributed by atoms with Crippen LogP contribution in [0, 0.1) is 34.6 Å². The van der Waals surface area contributed by atoms with Gasteiger partial charge in [0.15, 0.2) is 5.65 Å². The maximum Gasteiger partial charge on any atom is 0.254 e. The van der Waals surface area contributed by atoms with E-state index in [1.807, 2.05) is 51.6 Å². The minimum atomic E-state index is -0.563. The molecule has 9 nitrogen and oxygen atoms in total. The lowest BCUT2D eigenvalue weighted by Crippen LogP contribution is -2.27. The van der Waals surface area contributed by atoms with Crippen LogP contribution in [0.2, 0.25) is 0 Å². The third-order valence-corrected chi connectivity index (χ3v) is 6.67. The Labute approximate surface area is 204 Å². The van der Waals surface area contributed by atoms with Crippen LogP contribution in [0.3, 0.4) is 0 Å². The number of nitrogens with zero attached hydrogens (tertiary/aromatic N) is 6. The van der Waals surface area contributed by atoms with Gasteiger partial charge in [0.2, 0.25) is 5.91 Å². The predicted molar refractivity (Wildman–Crippen MR) is 134 cm³/mol. The van der Waals surface area contributed by atoms with Gasteiger partial charge in [-0.2, -0.15) is 10.2 Å². The zero-order valence-electron chi connectivity index (χ0n) is 21.1. The highest BCUT2D eigenvalue weighted by atomic mass is 16.2. The largest absolute Gasteiger partial charge is 0.365 e. The molecule has 35 heavy (non-hydrogen) atoms. The number of fused-ring (bicyclic) bond motifs is 1. The second kappa shape index (κ2) is 9.32. The Hall–Kier alpha value is -4.01. The molecule has 0 aliphatic carbocycles. The van der Waals surface area contributed by atoms with Crippen molar-refractivity contribution in [2.45, 2.75) is 54.0 Å². The highest BCUT2D eigenvalue weighted by molar-refractivity contribution is 5.98. The minimum Gasteiger partial charge on any atom is -0.365 e. The molecule has 0 fully saturated rings. The molecule has 0 unspecified atom stereocenters. The molecule has 4 aromatic rings. The van der Waals surface area contributed by atoms with Crippen molar-refractivity contribution in [2.75, 3.05) is 7.05 Å². The van der Waals surface area contributed by atoms with Crippen LogP contribution in [-0.2, 0) is 17.8 Å². The summed E-state index contributed by atoms with van der Waals surface area (Å²) in [5.74, 6) is -0.531. The maximum atomic E-state index is 13.0. The smallest absolute Gasteiger partial charge is 0.254 e. The van der Waals surface area contributed by atoms with E-state index in [1.54, 1.807) is 9.42 Å². The molecule has 9 heteroatoms. The monoisotopic (exact) mass is 473 g/mol. The zero-order valence-corrected chi connectivity index (χ0v) is 21.1. The second-order valence-electron chi connectivity index (χ2n) is 9.02. The number of nitrogens with two attached hydrogens (primary N) is 1. The van der Waals surface area contributed by atoms with Crippen molar-refractivity contribution in [3.05, 3.63) is 75.5 Å². The summed E-state index contributed by atoms with van der Waals surface area (Å²) in [5.41, 5.74) is 13.9. The summed E-state index contributed by atoms with van der Waals surface area (Å²) in [6.07, 6.45) is 2.29. The Balaban J connectivity index is 1.50. The molecular formula is C26H31N7O2. The number of hydrogen-bond acceptors (Lipinski definition) is 5. The Morgan fingerprint density at radius 1 is 1.00 bits per heavy atom. The van der Waals surface area contributed by atoms with E-state index in [1.165, 1.54) is 6.20 Å². The average Bonchev–Trinajstić information content (AvgIpc) is 3.35. The molecule has 0 aliphatic heterocycles. The summed E-state index contributed by atoms with van der Waals surface area (Å²) in [6.45, 7) is 10.4. The van der Waals surface area contributed by atoms with Gasteiger partial charge in [0.05, 0.1) is 17.6 Å². The van der Waals surface area contributed by atoms with E-state index in [0.29, 0.717) is 25.0 Å². The molecule has 3 aromatic heterocycles. The Bertz CT molecular complexity index is 1450. The van der Waals surface area contributed by atoms with Crippen molar-refractivity contribution < 1.29 is 9.59 Å².